The minimum Gasteiger partial charge on any atom is -0.348 e. The lowest BCUT2D eigenvalue weighted by atomic mass is 10.2. The molecule has 0 saturated carbocycles. The molecule has 0 aliphatic heterocycles. The molecule has 2 rings (SSSR count). The topological polar surface area (TPSA) is 120 Å². The molecule has 1 heterocycles. The molecule has 27 heavy (non-hydrogen) atoms. The van der Waals surface area contributed by atoms with Gasteiger partial charge in [0, 0.05) is 18.8 Å². The first-order valence-corrected chi connectivity index (χ1v) is 10.3. The Morgan fingerprint density at radius 3 is 2.26 bits per heavy atom. The highest BCUT2D eigenvalue weighted by atomic mass is 32.2. The molecule has 0 aliphatic carbocycles. The number of aromatic nitrogens is 3. The molecule has 0 bridgehead atoms. The van der Waals surface area contributed by atoms with Crippen LogP contribution in [-0.2, 0) is 16.4 Å². The largest absolute Gasteiger partial charge is 0.352 e. The monoisotopic (exact) mass is 394 g/mol. The summed E-state index contributed by atoms with van der Waals surface area (Å²) in [6.07, 6.45) is 1.74. The average molecular weight is 394 g/mol. The van der Waals surface area contributed by atoms with Crippen molar-refractivity contribution in [3.63, 3.8) is 0 Å². The van der Waals surface area contributed by atoms with E-state index in [1.54, 1.807) is 13.8 Å². The summed E-state index contributed by atoms with van der Waals surface area (Å²) in [5, 5.41) is 6.59. The Bertz CT molecular complexity index is 1070. The summed E-state index contributed by atoms with van der Waals surface area (Å²) in [7, 11) is -3.40. The number of rotatable bonds is 6. The summed E-state index contributed by atoms with van der Waals surface area (Å²) in [6.45, 7) is 5.34. The molecule has 1 atom stereocenters. The van der Waals surface area contributed by atoms with Crippen LogP contribution in [0.3, 0.4) is 0 Å². The van der Waals surface area contributed by atoms with Crippen molar-refractivity contribution in [2.45, 2.75) is 44.7 Å². The standard InChI is InChI=1S/C17H22N4O5S/c1-5-11(3)18-15(22)14-16(23)20(6-2)17(24)21(19-14)12-7-9-13(10-8-12)27(4,25)26/h7-11H,5-6H2,1-4H3,(H,18,22). The lowest BCUT2D eigenvalue weighted by Crippen LogP contribution is -2.46. The van der Waals surface area contributed by atoms with Crippen molar-refractivity contribution in [2.75, 3.05) is 6.26 Å². The van der Waals surface area contributed by atoms with Crippen LogP contribution in [0.25, 0.3) is 5.69 Å². The van der Waals surface area contributed by atoms with Crippen LogP contribution in [0.5, 0.6) is 0 Å². The summed E-state index contributed by atoms with van der Waals surface area (Å²) in [6, 6.07) is 5.29. The Balaban J connectivity index is 2.63. The molecule has 0 aliphatic rings. The van der Waals surface area contributed by atoms with E-state index in [-0.39, 0.29) is 23.2 Å². The summed E-state index contributed by atoms with van der Waals surface area (Å²) >= 11 is 0. The molecular weight excluding hydrogens is 372 g/mol. The van der Waals surface area contributed by atoms with Crippen molar-refractivity contribution >= 4 is 15.7 Å². The minimum atomic E-state index is -3.40. The molecule has 0 radical (unpaired) electrons. The first kappa shape index (κ1) is 20.6. The summed E-state index contributed by atoms with van der Waals surface area (Å²) in [4.78, 5) is 37.5. The smallest absolute Gasteiger partial charge is 0.348 e. The molecule has 1 amide bonds. The van der Waals surface area contributed by atoms with Crippen LogP contribution < -0.4 is 16.6 Å². The highest BCUT2D eigenvalue weighted by Gasteiger charge is 2.20. The van der Waals surface area contributed by atoms with Gasteiger partial charge in [0.05, 0.1) is 10.6 Å². The van der Waals surface area contributed by atoms with Gasteiger partial charge in [0.1, 0.15) is 0 Å². The lowest BCUT2D eigenvalue weighted by molar-refractivity contribution is 0.0929. The van der Waals surface area contributed by atoms with Crippen LogP contribution >= 0.6 is 0 Å². The molecule has 0 fully saturated rings. The molecule has 1 unspecified atom stereocenters. The zero-order valence-corrected chi connectivity index (χ0v) is 16.4. The third-order valence-electron chi connectivity index (χ3n) is 4.09. The van der Waals surface area contributed by atoms with Crippen LogP contribution in [0.15, 0.2) is 38.8 Å². The number of sulfone groups is 1. The highest BCUT2D eigenvalue weighted by Crippen LogP contribution is 2.11. The lowest BCUT2D eigenvalue weighted by Gasteiger charge is -2.13. The molecule has 9 nitrogen and oxygen atoms in total. The van der Waals surface area contributed by atoms with Crippen LogP contribution in [0.1, 0.15) is 37.7 Å². The molecule has 0 spiro atoms. The normalized spacial score (nSPS) is 12.6. The Kier molecular flexibility index (Phi) is 5.99. The quantitative estimate of drug-likeness (QED) is 0.755. The van der Waals surface area contributed by atoms with Crippen molar-refractivity contribution in [3.8, 4) is 5.69 Å². The van der Waals surface area contributed by atoms with Gasteiger partial charge in [0.15, 0.2) is 9.84 Å². The third-order valence-corrected chi connectivity index (χ3v) is 5.22. The second kappa shape index (κ2) is 7.87. The van der Waals surface area contributed by atoms with Crippen LogP contribution in [0, 0.1) is 0 Å². The summed E-state index contributed by atoms with van der Waals surface area (Å²) < 4.78 is 25.0. The van der Waals surface area contributed by atoms with E-state index in [9.17, 15) is 22.8 Å². The van der Waals surface area contributed by atoms with E-state index in [4.69, 9.17) is 0 Å². The van der Waals surface area contributed by atoms with Gasteiger partial charge in [-0.2, -0.15) is 9.78 Å². The maximum atomic E-state index is 12.6. The van der Waals surface area contributed by atoms with E-state index in [2.05, 4.69) is 10.4 Å². The predicted octanol–water partition coefficient (Wildman–Crippen LogP) is 0.346. The van der Waals surface area contributed by atoms with Gasteiger partial charge in [-0.05, 0) is 44.5 Å². The molecule has 1 aromatic carbocycles. The second-order valence-corrected chi connectivity index (χ2v) is 8.16. The number of amides is 1. The number of benzene rings is 1. The van der Waals surface area contributed by atoms with Crippen LogP contribution in [0.2, 0.25) is 0 Å². The van der Waals surface area contributed by atoms with E-state index in [0.29, 0.717) is 6.42 Å². The van der Waals surface area contributed by atoms with E-state index >= 15 is 0 Å². The fourth-order valence-electron chi connectivity index (χ4n) is 2.33. The number of carbonyl (C=O) groups is 1. The van der Waals surface area contributed by atoms with Crippen molar-refractivity contribution < 1.29 is 13.2 Å². The third kappa shape index (κ3) is 4.33. The van der Waals surface area contributed by atoms with Crippen molar-refractivity contribution in [1.29, 1.82) is 0 Å². The number of nitrogens with zero attached hydrogens (tertiary/aromatic N) is 3. The molecule has 2 aromatic rings. The number of hydrogen-bond acceptors (Lipinski definition) is 6. The van der Waals surface area contributed by atoms with E-state index < -0.39 is 32.7 Å². The zero-order valence-electron chi connectivity index (χ0n) is 15.6. The first-order valence-electron chi connectivity index (χ1n) is 8.45. The Morgan fingerprint density at radius 2 is 1.78 bits per heavy atom. The van der Waals surface area contributed by atoms with E-state index in [1.165, 1.54) is 24.3 Å². The van der Waals surface area contributed by atoms with E-state index in [1.807, 2.05) is 6.92 Å². The van der Waals surface area contributed by atoms with Crippen molar-refractivity contribution in [3.05, 3.63) is 50.8 Å². The minimum absolute atomic E-state index is 0.0607. The van der Waals surface area contributed by atoms with Crippen molar-refractivity contribution in [2.24, 2.45) is 0 Å². The average Bonchev–Trinajstić information content (AvgIpc) is 2.61. The zero-order chi connectivity index (χ0) is 20.4. The van der Waals surface area contributed by atoms with Gasteiger partial charge in [0.25, 0.3) is 11.5 Å². The Labute approximate surface area is 156 Å². The van der Waals surface area contributed by atoms with Gasteiger partial charge in [-0.25, -0.2) is 13.2 Å². The molecule has 0 saturated heterocycles. The fourth-order valence-corrected chi connectivity index (χ4v) is 2.96. The van der Waals surface area contributed by atoms with Crippen LogP contribution in [0.4, 0.5) is 0 Å². The SMILES string of the molecule is CCC(C)NC(=O)c1nn(-c2ccc(S(C)(=O)=O)cc2)c(=O)n(CC)c1=O. The second-order valence-electron chi connectivity index (χ2n) is 6.14. The number of nitrogens with one attached hydrogen (secondary N) is 1. The number of hydrogen-bond donors (Lipinski definition) is 1. The number of carbonyl (C=O) groups excluding carboxylic acids is 1. The van der Waals surface area contributed by atoms with Crippen molar-refractivity contribution in [1.82, 2.24) is 19.7 Å². The van der Waals surface area contributed by atoms with Gasteiger partial charge < -0.3 is 5.32 Å². The summed E-state index contributed by atoms with van der Waals surface area (Å²) in [5.41, 5.74) is -1.64. The molecule has 146 valence electrons. The van der Waals surface area contributed by atoms with Gasteiger partial charge in [0.2, 0.25) is 5.69 Å². The molecule has 1 aromatic heterocycles. The van der Waals surface area contributed by atoms with Crippen LogP contribution in [-0.4, -0.2) is 41.0 Å². The Hall–Kier alpha value is -2.75. The molecular formula is C17H22N4O5S. The predicted molar refractivity (Wildman–Crippen MR) is 100 cm³/mol. The summed E-state index contributed by atoms with van der Waals surface area (Å²) in [5.74, 6) is -0.668. The Morgan fingerprint density at radius 1 is 1.19 bits per heavy atom. The van der Waals surface area contributed by atoms with E-state index in [0.717, 1.165) is 15.5 Å². The van der Waals surface area contributed by atoms with Gasteiger partial charge in [-0.15, -0.1) is 0 Å². The molecule has 1 N–H and O–H groups in total. The maximum absolute atomic E-state index is 12.6. The highest BCUT2D eigenvalue weighted by molar-refractivity contribution is 7.90. The maximum Gasteiger partial charge on any atom is 0.352 e. The van der Waals surface area contributed by atoms with Gasteiger partial charge in [-0.3, -0.25) is 14.2 Å². The molecule has 10 heteroatoms. The van der Waals surface area contributed by atoms with Gasteiger partial charge in [-0.1, -0.05) is 6.92 Å². The first-order chi connectivity index (χ1) is 12.6. The fraction of sp³-hybridized carbons (Fsp3) is 0.412. The van der Waals surface area contributed by atoms with Gasteiger partial charge >= 0.3 is 5.69 Å².